The summed E-state index contributed by atoms with van der Waals surface area (Å²) < 4.78 is 0. The third-order valence-corrected chi connectivity index (χ3v) is 4.13. The normalized spacial score (nSPS) is 16.3. The fourth-order valence-electron chi connectivity index (χ4n) is 2.91. The highest BCUT2D eigenvalue weighted by atomic mass is 16.4. The SMILES string of the molecule is CCN1CCN(c2nccc3c(C(=O)O)cccc23)CC1. The second-order valence-corrected chi connectivity index (χ2v) is 5.26. The van der Waals surface area contributed by atoms with Gasteiger partial charge in [0.15, 0.2) is 0 Å². The Kier molecular flexibility index (Phi) is 3.75. The number of aromatic carboxylic acids is 1. The molecule has 1 aliphatic rings. The topological polar surface area (TPSA) is 56.7 Å². The van der Waals surface area contributed by atoms with E-state index in [0.717, 1.165) is 49.3 Å². The number of rotatable bonds is 3. The third kappa shape index (κ3) is 2.56. The summed E-state index contributed by atoms with van der Waals surface area (Å²) in [5.41, 5.74) is 0.336. The van der Waals surface area contributed by atoms with E-state index in [2.05, 4.69) is 21.7 Å². The highest BCUT2D eigenvalue weighted by molar-refractivity contribution is 6.06. The number of hydrogen-bond acceptors (Lipinski definition) is 4. The lowest BCUT2D eigenvalue weighted by Gasteiger charge is -2.35. The van der Waals surface area contributed by atoms with Gasteiger partial charge in [-0.3, -0.25) is 0 Å². The number of carboxylic acid groups (broad SMARTS) is 1. The smallest absolute Gasteiger partial charge is 0.336 e. The number of aromatic nitrogens is 1. The molecule has 110 valence electrons. The van der Waals surface area contributed by atoms with E-state index in [4.69, 9.17) is 0 Å². The summed E-state index contributed by atoms with van der Waals surface area (Å²) in [6.45, 7) is 7.14. The number of piperazine rings is 1. The molecule has 1 aromatic carbocycles. The number of carboxylic acids is 1. The number of anilines is 1. The van der Waals surface area contributed by atoms with Crippen LogP contribution in [0.4, 0.5) is 5.82 Å². The van der Waals surface area contributed by atoms with Crippen LogP contribution in [0.2, 0.25) is 0 Å². The molecule has 1 aliphatic heterocycles. The number of pyridine rings is 1. The fraction of sp³-hybridized carbons (Fsp3) is 0.375. The van der Waals surface area contributed by atoms with Crippen molar-refractivity contribution in [3.8, 4) is 0 Å². The Labute approximate surface area is 123 Å². The molecule has 1 fully saturated rings. The van der Waals surface area contributed by atoms with Crippen LogP contribution in [-0.2, 0) is 0 Å². The summed E-state index contributed by atoms with van der Waals surface area (Å²) in [6, 6.07) is 7.17. The average molecular weight is 285 g/mol. The van der Waals surface area contributed by atoms with Gasteiger partial charge in [-0.15, -0.1) is 0 Å². The van der Waals surface area contributed by atoms with Crippen molar-refractivity contribution in [2.75, 3.05) is 37.6 Å². The van der Waals surface area contributed by atoms with Crippen LogP contribution in [0.3, 0.4) is 0 Å². The summed E-state index contributed by atoms with van der Waals surface area (Å²) in [5.74, 6) is -0.0000876. The number of nitrogens with zero attached hydrogens (tertiary/aromatic N) is 3. The van der Waals surface area contributed by atoms with Gasteiger partial charge in [0.05, 0.1) is 5.56 Å². The van der Waals surface area contributed by atoms with Gasteiger partial charge in [-0.2, -0.15) is 0 Å². The Morgan fingerprint density at radius 1 is 1.19 bits per heavy atom. The van der Waals surface area contributed by atoms with Gasteiger partial charge in [0, 0.05) is 43.1 Å². The Bertz CT molecular complexity index is 664. The van der Waals surface area contributed by atoms with E-state index in [-0.39, 0.29) is 0 Å². The first-order chi connectivity index (χ1) is 10.2. The van der Waals surface area contributed by atoms with Crippen LogP contribution in [0.15, 0.2) is 30.5 Å². The standard InChI is InChI=1S/C16H19N3O2/c1-2-18-8-10-19(11-9-18)15-13-4-3-5-14(16(20)21)12(13)6-7-17-15/h3-7H,2,8-11H2,1H3,(H,20,21). The quantitative estimate of drug-likeness (QED) is 0.935. The number of benzene rings is 1. The highest BCUT2D eigenvalue weighted by Gasteiger charge is 2.19. The molecule has 0 spiro atoms. The van der Waals surface area contributed by atoms with Crippen molar-refractivity contribution in [2.45, 2.75) is 6.92 Å². The molecule has 0 aliphatic carbocycles. The van der Waals surface area contributed by atoms with E-state index in [9.17, 15) is 9.90 Å². The minimum Gasteiger partial charge on any atom is -0.478 e. The van der Waals surface area contributed by atoms with E-state index in [1.165, 1.54) is 0 Å². The molecule has 5 heteroatoms. The van der Waals surface area contributed by atoms with Crippen molar-refractivity contribution in [3.05, 3.63) is 36.0 Å². The van der Waals surface area contributed by atoms with Gasteiger partial charge in [0.1, 0.15) is 5.82 Å². The van der Waals surface area contributed by atoms with Crippen molar-refractivity contribution in [1.82, 2.24) is 9.88 Å². The molecule has 1 saturated heterocycles. The number of likely N-dealkylation sites (N-methyl/N-ethyl adjacent to an activating group) is 1. The van der Waals surface area contributed by atoms with Gasteiger partial charge in [0.25, 0.3) is 0 Å². The summed E-state index contributed by atoms with van der Waals surface area (Å²) in [7, 11) is 0. The van der Waals surface area contributed by atoms with Crippen molar-refractivity contribution >= 4 is 22.6 Å². The van der Waals surface area contributed by atoms with E-state index in [1.807, 2.05) is 6.07 Å². The first-order valence-electron chi connectivity index (χ1n) is 7.29. The zero-order chi connectivity index (χ0) is 14.8. The molecule has 2 aromatic rings. The molecular weight excluding hydrogens is 266 g/mol. The molecular formula is C16H19N3O2. The summed E-state index contributed by atoms with van der Waals surface area (Å²) >= 11 is 0. The molecule has 3 rings (SSSR count). The maximum absolute atomic E-state index is 11.3. The van der Waals surface area contributed by atoms with Crippen LogP contribution in [-0.4, -0.2) is 53.7 Å². The minimum absolute atomic E-state index is 0.336. The van der Waals surface area contributed by atoms with Crippen molar-refractivity contribution < 1.29 is 9.90 Å². The third-order valence-electron chi connectivity index (χ3n) is 4.13. The maximum Gasteiger partial charge on any atom is 0.336 e. The van der Waals surface area contributed by atoms with E-state index in [0.29, 0.717) is 5.56 Å². The zero-order valence-electron chi connectivity index (χ0n) is 12.1. The maximum atomic E-state index is 11.3. The lowest BCUT2D eigenvalue weighted by Crippen LogP contribution is -2.46. The molecule has 21 heavy (non-hydrogen) atoms. The van der Waals surface area contributed by atoms with Crippen LogP contribution in [0, 0.1) is 0 Å². The molecule has 0 bridgehead atoms. The summed E-state index contributed by atoms with van der Waals surface area (Å²) in [6.07, 6.45) is 1.70. The fourth-order valence-corrected chi connectivity index (χ4v) is 2.91. The van der Waals surface area contributed by atoms with Crippen LogP contribution in [0.25, 0.3) is 10.8 Å². The molecule has 0 radical (unpaired) electrons. The molecule has 5 nitrogen and oxygen atoms in total. The van der Waals surface area contributed by atoms with E-state index in [1.54, 1.807) is 24.4 Å². The zero-order valence-corrected chi connectivity index (χ0v) is 12.1. The van der Waals surface area contributed by atoms with Gasteiger partial charge in [-0.25, -0.2) is 9.78 Å². The first-order valence-corrected chi connectivity index (χ1v) is 7.29. The van der Waals surface area contributed by atoms with Crippen molar-refractivity contribution in [1.29, 1.82) is 0 Å². The number of carbonyl (C=O) groups is 1. The first kappa shape index (κ1) is 13.8. The number of hydrogen-bond donors (Lipinski definition) is 1. The second kappa shape index (κ2) is 5.69. The van der Waals surface area contributed by atoms with Crippen LogP contribution in [0.1, 0.15) is 17.3 Å². The van der Waals surface area contributed by atoms with Crippen molar-refractivity contribution in [3.63, 3.8) is 0 Å². The van der Waals surface area contributed by atoms with E-state index >= 15 is 0 Å². The lowest BCUT2D eigenvalue weighted by molar-refractivity contribution is 0.0699. The predicted molar refractivity (Wildman–Crippen MR) is 83.0 cm³/mol. The van der Waals surface area contributed by atoms with E-state index < -0.39 is 5.97 Å². The molecule has 1 aromatic heterocycles. The Morgan fingerprint density at radius 2 is 1.95 bits per heavy atom. The van der Waals surface area contributed by atoms with Gasteiger partial charge in [0.2, 0.25) is 0 Å². The Hall–Kier alpha value is -2.14. The van der Waals surface area contributed by atoms with Gasteiger partial charge in [-0.05, 0) is 18.7 Å². The van der Waals surface area contributed by atoms with Crippen LogP contribution >= 0.6 is 0 Å². The predicted octanol–water partition coefficient (Wildman–Crippen LogP) is 2.07. The average Bonchev–Trinajstić information content (AvgIpc) is 2.53. The molecule has 2 heterocycles. The minimum atomic E-state index is -0.895. The summed E-state index contributed by atoms with van der Waals surface area (Å²) in [4.78, 5) is 20.5. The van der Waals surface area contributed by atoms with Crippen LogP contribution in [0.5, 0.6) is 0 Å². The molecule has 0 saturated carbocycles. The molecule has 1 N–H and O–H groups in total. The summed E-state index contributed by atoms with van der Waals surface area (Å²) in [5, 5.41) is 11.0. The van der Waals surface area contributed by atoms with Gasteiger partial charge < -0.3 is 14.9 Å². The van der Waals surface area contributed by atoms with Gasteiger partial charge >= 0.3 is 5.97 Å². The Morgan fingerprint density at radius 3 is 2.62 bits per heavy atom. The lowest BCUT2D eigenvalue weighted by atomic mass is 10.1. The molecule has 0 unspecified atom stereocenters. The Balaban J connectivity index is 2.00. The highest BCUT2D eigenvalue weighted by Crippen LogP contribution is 2.27. The van der Waals surface area contributed by atoms with Gasteiger partial charge in [-0.1, -0.05) is 19.1 Å². The monoisotopic (exact) mass is 285 g/mol. The molecule has 0 atom stereocenters. The second-order valence-electron chi connectivity index (χ2n) is 5.26. The van der Waals surface area contributed by atoms with Crippen LogP contribution < -0.4 is 4.90 Å². The number of fused-ring (bicyclic) bond motifs is 1. The van der Waals surface area contributed by atoms with Crippen molar-refractivity contribution in [2.24, 2.45) is 0 Å². The largest absolute Gasteiger partial charge is 0.478 e. The molecule has 0 amide bonds.